The van der Waals surface area contributed by atoms with Crippen molar-refractivity contribution in [3.8, 4) is 0 Å². The summed E-state index contributed by atoms with van der Waals surface area (Å²) in [4.78, 5) is 24.8. The van der Waals surface area contributed by atoms with Crippen molar-refractivity contribution in [1.82, 2.24) is 9.78 Å². The summed E-state index contributed by atoms with van der Waals surface area (Å²) in [5.74, 6) is -1.62. The van der Waals surface area contributed by atoms with E-state index in [0.717, 1.165) is 18.5 Å². The van der Waals surface area contributed by atoms with E-state index in [1.807, 2.05) is 11.6 Å². The average Bonchev–Trinajstić information content (AvgIpc) is 2.96. The molecule has 24 heavy (non-hydrogen) atoms. The van der Waals surface area contributed by atoms with Crippen LogP contribution in [-0.2, 0) is 19.1 Å². The van der Waals surface area contributed by atoms with Gasteiger partial charge in [-0.05, 0) is 19.8 Å². The van der Waals surface area contributed by atoms with Crippen molar-refractivity contribution in [3.05, 3.63) is 11.8 Å². The highest BCUT2D eigenvalue weighted by atomic mass is 16.5. The van der Waals surface area contributed by atoms with E-state index < -0.39 is 24.1 Å². The summed E-state index contributed by atoms with van der Waals surface area (Å²) in [6.45, 7) is 3.70. The van der Waals surface area contributed by atoms with E-state index in [4.69, 9.17) is 14.6 Å². The fraction of sp³-hybridized carbons (Fsp3) is 0.667. The second-order valence-corrected chi connectivity index (χ2v) is 6.00. The molecule has 1 aromatic rings. The minimum absolute atomic E-state index is 0.143. The van der Waals surface area contributed by atoms with Crippen LogP contribution in [0.15, 0.2) is 6.07 Å². The number of morpholine rings is 1. The summed E-state index contributed by atoms with van der Waals surface area (Å²) >= 11 is 0. The second kappa shape index (κ2) is 6.88. The molecule has 0 aliphatic carbocycles. The van der Waals surface area contributed by atoms with Crippen molar-refractivity contribution in [1.29, 1.82) is 0 Å². The van der Waals surface area contributed by atoms with Crippen LogP contribution in [0.25, 0.3) is 0 Å². The smallest absolute Gasteiger partial charge is 0.335 e. The number of aromatic nitrogens is 2. The van der Waals surface area contributed by atoms with Crippen LogP contribution in [0.1, 0.15) is 24.6 Å². The molecule has 9 nitrogen and oxygen atoms in total. The van der Waals surface area contributed by atoms with Gasteiger partial charge in [0, 0.05) is 25.0 Å². The zero-order valence-electron chi connectivity index (χ0n) is 13.4. The number of aryl methyl sites for hydroxylation is 1. The number of anilines is 1. The van der Waals surface area contributed by atoms with E-state index in [0.29, 0.717) is 19.0 Å². The van der Waals surface area contributed by atoms with Crippen LogP contribution >= 0.6 is 0 Å². The number of carboxylic acids is 1. The molecular weight excluding hydrogens is 318 g/mol. The number of hydrogen-bond donors (Lipinski definition) is 2. The normalized spacial score (nSPS) is 24.2. The Morgan fingerprint density at radius 2 is 2.08 bits per heavy atom. The van der Waals surface area contributed by atoms with Crippen LogP contribution in [0.2, 0.25) is 0 Å². The molecular formula is C15H21N3O6. The minimum atomic E-state index is -1.89. The Balaban J connectivity index is 1.80. The lowest BCUT2D eigenvalue weighted by Crippen LogP contribution is -2.54. The molecule has 0 spiro atoms. The molecule has 9 heteroatoms. The summed E-state index contributed by atoms with van der Waals surface area (Å²) in [5, 5.41) is 23.1. The van der Waals surface area contributed by atoms with E-state index in [1.165, 1.54) is 4.90 Å². The SMILES string of the molecule is Cc1cc(N2CCOC(C(O)C(=O)O)C2=O)nn1C1CCOCC1. The lowest BCUT2D eigenvalue weighted by Gasteiger charge is -2.32. The van der Waals surface area contributed by atoms with Crippen LogP contribution < -0.4 is 4.90 Å². The van der Waals surface area contributed by atoms with Crippen molar-refractivity contribution in [3.63, 3.8) is 0 Å². The molecule has 0 aromatic carbocycles. The highest BCUT2D eigenvalue weighted by Gasteiger charge is 2.40. The highest BCUT2D eigenvalue weighted by molar-refractivity contribution is 5.99. The number of carbonyl (C=O) groups excluding carboxylic acids is 1. The quantitative estimate of drug-likeness (QED) is 0.775. The third-order valence-electron chi connectivity index (χ3n) is 4.38. The maximum atomic E-state index is 12.5. The summed E-state index contributed by atoms with van der Waals surface area (Å²) in [6, 6.07) is 2.02. The lowest BCUT2D eigenvalue weighted by atomic mass is 10.1. The number of nitrogens with zero attached hydrogens (tertiary/aromatic N) is 3. The molecule has 1 aromatic heterocycles. The number of aliphatic carboxylic acids is 1. The predicted octanol–water partition coefficient (Wildman–Crippen LogP) is -0.280. The minimum Gasteiger partial charge on any atom is -0.479 e. The third kappa shape index (κ3) is 3.14. The first-order valence-corrected chi connectivity index (χ1v) is 7.97. The maximum absolute atomic E-state index is 12.5. The van der Waals surface area contributed by atoms with E-state index in [9.17, 15) is 14.7 Å². The van der Waals surface area contributed by atoms with E-state index in [-0.39, 0.29) is 19.2 Å². The fourth-order valence-electron chi connectivity index (χ4n) is 3.09. The van der Waals surface area contributed by atoms with Crippen molar-refractivity contribution >= 4 is 17.7 Å². The number of hydrogen-bond acceptors (Lipinski definition) is 6. The molecule has 2 aliphatic rings. The van der Waals surface area contributed by atoms with Gasteiger partial charge in [0.2, 0.25) is 0 Å². The number of rotatable bonds is 4. The molecule has 0 radical (unpaired) electrons. The zero-order chi connectivity index (χ0) is 17.3. The summed E-state index contributed by atoms with van der Waals surface area (Å²) in [7, 11) is 0. The van der Waals surface area contributed by atoms with Gasteiger partial charge in [0.1, 0.15) is 0 Å². The molecule has 2 atom stereocenters. The number of carboxylic acid groups (broad SMARTS) is 1. The first-order chi connectivity index (χ1) is 11.5. The Morgan fingerprint density at radius 3 is 2.75 bits per heavy atom. The lowest BCUT2D eigenvalue weighted by molar-refractivity contribution is -0.163. The highest BCUT2D eigenvalue weighted by Crippen LogP contribution is 2.26. The molecule has 0 saturated carbocycles. The largest absolute Gasteiger partial charge is 0.479 e. The van der Waals surface area contributed by atoms with Crippen molar-refractivity contribution in [2.75, 3.05) is 31.3 Å². The van der Waals surface area contributed by atoms with E-state index in [2.05, 4.69) is 5.10 Å². The van der Waals surface area contributed by atoms with E-state index >= 15 is 0 Å². The first-order valence-electron chi connectivity index (χ1n) is 7.97. The van der Waals surface area contributed by atoms with Gasteiger partial charge < -0.3 is 19.7 Å². The number of aliphatic hydroxyl groups excluding tert-OH is 1. The van der Waals surface area contributed by atoms with Gasteiger partial charge >= 0.3 is 5.97 Å². The van der Waals surface area contributed by atoms with E-state index in [1.54, 1.807) is 6.07 Å². The maximum Gasteiger partial charge on any atom is 0.335 e. The average molecular weight is 339 g/mol. The summed E-state index contributed by atoms with van der Waals surface area (Å²) in [5.41, 5.74) is 0.923. The van der Waals surface area contributed by atoms with Crippen LogP contribution in [0, 0.1) is 6.92 Å². The number of ether oxygens (including phenoxy) is 2. The molecule has 3 rings (SSSR count). The van der Waals surface area contributed by atoms with Gasteiger partial charge in [0.25, 0.3) is 5.91 Å². The third-order valence-corrected chi connectivity index (χ3v) is 4.38. The molecule has 1 amide bonds. The molecule has 2 saturated heterocycles. The Labute approximate surface area is 138 Å². The molecule has 132 valence electrons. The van der Waals surface area contributed by atoms with Gasteiger partial charge in [-0.25, -0.2) is 4.79 Å². The number of carbonyl (C=O) groups is 2. The topological polar surface area (TPSA) is 114 Å². The summed E-state index contributed by atoms with van der Waals surface area (Å²) in [6.07, 6.45) is -1.58. The number of amides is 1. The Kier molecular flexibility index (Phi) is 4.83. The van der Waals surface area contributed by atoms with Gasteiger partial charge in [0.15, 0.2) is 18.0 Å². The van der Waals surface area contributed by atoms with Gasteiger partial charge in [-0.2, -0.15) is 5.10 Å². The molecule has 2 aliphatic heterocycles. The molecule has 0 bridgehead atoms. The van der Waals surface area contributed by atoms with Gasteiger partial charge in [-0.1, -0.05) is 0 Å². The van der Waals surface area contributed by atoms with Crippen LogP contribution in [0.3, 0.4) is 0 Å². The molecule has 3 heterocycles. The number of aliphatic hydroxyl groups is 1. The zero-order valence-corrected chi connectivity index (χ0v) is 13.4. The van der Waals surface area contributed by atoms with Gasteiger partial charge in [-0.3, -0.25) is 14.4 Å². The van der Waals surface area contributed by atoms with Crippen molar-refractivity contribution in [2.24, 2.45) is 0 Å². The Bertz CT molecular complexity index is 625. The van der Waals surface area contributed by atoms with Crippen molar-refractivity contribution in [2.45, 2.75) is 38.0 Å². The predicted molar refractivity (Wildman–Crippen MR) is 81.8 cm³/mol. The Hall–Kier alpha value is -1.97. The first kappa shape index (κ1) is 16.9. The standard InChI is InChI=1S/C15H21N3O6/c1-9-8-11(16-18(9)10-2-5-23-6-3-10)17-4-7-24-13(14(17)20)12(19)15(21)22/h8,10,12-13,19H,2-7H2,1H3,(H,21,22). The van der Waals surface area contributed by atoms with Crippen LogP contribution in [0.4, 0.5) is 5.82 Å². The van der Waals surface area contributed by atoms with Crippen molar-refractivity contribution < 1.29 is 29.3 Å². The summed E-state index contributed by atoms with van der Waals surface area (Å²) < 4.78 is 12.4. The monoisotopic (exact) mass is 339 g/mol. The second-order valence-electron chi connectivity index (χ2n) is 6.00. The fourth-order valence-corrected chi connectivity index (χ4v) is 3.09. The Morgan fingerprint density at radius 1 is 1.38 bits per heavy atom. The molecule has 2 N–H and O–H groups in total. The van der Waals surface area contributed by atoms with Gasteiger partial charge in [-0.15, -0.1) is 0 Å². The molecule has 2 unspecified atom stereocenters. The van der Waals surface area contributed by atoms with Crippen LogP contribution in [0.5, 0.6) is 0 Å². The molecule has 2 fully saturated rings. The van der Waals surface area contributed by atoms with Gasteiger partial charge in [0.05, 0.1) is 19.2 Å². The van der Waals surface area contributed by atoms with Crippen LogP contribution in [-0.4, -0.2) is 70.4 Å².